The first-order valence-electron chi connectivity index (χ1n) is 18.6. The molecule has 0 radical (unpaired) electrons. The largest absolute Gasteiger partial charge is 0.310 e. The second kappa shape index (κ2) is 10.8. The van der Waals surface area contributed by atoms with E-state index in [4.69, 9.17) is 10.1 Å². The van der Waals surface area contributed by atoms with Gasteiger partial charge in [-0.3, -0.25) is 0 Å². The molecule has 0 bridgehead atoms. The van der Waals surface area contributed by atoms with Crippen LogP contribution in [0.25, 0.3) is 56.2 Å². The predicted octanol–water partition coefficient (Wildman–Crippen LogP) is 11.2. The van der Waals surface area contributed by atoms with Gasteiger partial charge in [-0.1, -0.05) is 134 Å². The van der Waals surface area contributed by atoms with Gasteiger partial charge in [0.2, 0.25) is 0 Å². The zero-order valence-electron chi connectivity index (χ0n) is 29.4. The molecule has 5 aliphatic carbocycles. The van der Waals surface area contributed by atoms with E-state index in [1.54, 1.807) is 0 Å². The third kappa shape index (κ3) is 4.03. The number of fused-ring (bicyclic) bond motifs is 4. The minimum Gasteiger partial charge on any atom is -0.310 e. The fourth-order valence-electron chi connectivity index (χ4n) is 9.62. The van der Waals surface area contributed by atoms with Crippen LogP contribution in [0.5, 0.6) is 0 Å². The third-order valence-electron chi connectivity index (χ3n) is 12.4. The summed E-state index contributed by atoms with van der Waals surface area (Å²) in [4.78, 5) is 5.31. The molecule has 0 saturated carbocycles. The van der Waals surface area contributed by atoms with E-state index in [0.717, 1.165) is 29.9 Å². The highest BCUT2D eigenvalue weighted by molar-refractivity contribution is 6.10. The van der Waals surface area contributed by atoms with E-state index in [9.17, 15) is 0 Å². The van der Waals surface area contributed by atoms with E-state index in [1.807, 2.05) is 4.52 Å². The van der Waals surface area contributed by atoms with E-state index < -0.39 is 0 Å². The maximum Gasteiger partial charge on any atom is 0.161 e. The zero-order valence-corrected chi connectivity index (χ0v) is 29.4. The number of nitrogens with zero attached hydrogens (tertiary/aromatic N) is 4. The lowest BCUT2D eigenvalue weighted by Crippen LogP contribution is -2.35. The molecule has 4 unspecified atom stereocenters. The number of hydrogen-bond acceptors (Lipinski definition) is 2. The van der Waals surface area contributed by atoms with E-state index in [-0.39, 0.29) is 16.7 Å². The molecule has 0 N–H and O–H groups in total. The van der Waals surface area contributed by atoms with Crippen molar-refractivity contribution in [2.24, 2.45) is 5.92 Å². The molecule has 3 aromatic carbocycles. The van der Waals surface area contributed by atoms with Crippen LogP contribution in [0.15, 0.2) is 152 Å². The molecule has 4 heteroatoms. The SMILES string of the molecule is CC1(c2nc3c(C4C=CC=CC4)cc(-c4ccccc4)cn3n2)C=CC(n2c3c4c5c(cccc52)-c2ccccc2C2=CC=CC(C=C3)C24C)=CC1. The van der Waals surface area contributed by atoms with Crippen molar-refractivity contribution < 1.29 is 0 Å². The average Bonchev–Trinajstić information content (AvgIpc) is 3.77. The van der Waals surface area contributed by atoms with E-state index >= 15 is 0 Å². The van der Waals surface area contributed by atoms with Crippen LogP contribution in [-0.4, -0.2) is 19.2 Å². The Morgan fingerprint density at radius 1 is 0.788 bits per heavy atom. The van der Waals surface area contributed by atoms with E-state index in [1.165, 1.54) is 61.2 Å². The Hall–Kier alpha value is -6.00. The minimum atomic E-state index is -0.350. The second-order valence-corrected chi connectivity index (χ2v) is 15.4. The van der Waals surface area contributed by atoms with Crippen LogP contribution in [0, 0.1) is 5.92 Å². The van der Waals surface area contributed by atoms with Crippen molar-refractivity contribution in [1.82, 2.24) is 19.2 Å². The van der Waals surface area contributed by atoms with Crippen molar-refractivity contribution in [2.75, 3.05) is 0 Å². The number of pyridine rings is 1. The maximum atomic E-state index is 5.31. The summed E-state index contributed by atoms with van der Waals surface area (Å²) < 4.78 is 4.53. The monoisotopic (exact) mass is 670 g/mol. The van der Waals surface area contributed by atoms with Gasteiger partial charge >= 0.3 is 0 Å². The fraction of sp³-hybridized carbons (Fsp3) is 0.167. The quantitative estimate of drug-likeness (QED) is 0.187. The van der Waals surface area contributed by atoms with Gasteiger partial charge in [-0.25, -0.2) is 9.50 Å². The van der Waals surface area contributed by atoms with Gasteiger partial charge in [0.1, 0.15) is 0 Å². The molecule has 0 amide bonds. The summed E-state index contributed by atoms with van der Waals surface area (Å²) in [5, 5.41) is 6.59. The molecular formula is C48H38N4. The Morgan fingerprint density at radius 3 is 2.46 bits per heavy atom. The van der Waals surface area contributed by atoms with Crippen LogP contribution < -0.4 is 0 Å². The summed E-state index contributed by atoms with van der Waals surface area (Å²) in [6.45, 7) is 4.74. The Labute approximate surface area is 303 Å². The lowest BCUT2D eigenvalue weighted by Gasteiger charge is -2.42. The van der Waals surface area contributed by atoms with Gasteiger partial charge in [0, 0.05) is 45.7 Å². The average molecular weight is 671 g/mol. The molecule has 5 aliphatic rings. The fourth-order valence-corrected chi connectivity index (χ4v) is 9.62. The molecule has 3 aromatic heterocycles. The zero-order chi connectivity index (χ0) is 34.6. The first kappa shape index (κ1) is 29.7. The number of benzene rings is 3. The highest BCUT2D eigenvalue weighted by Gasteiger charge is 2.47. The molecule has 250 valence electrons. The summed E-state index contributed by atoms with van der Waals surface area (Å²) in [6, 6.07) is 28.8. The lowest BCUT2D eigenvalue weighted by atomic mass is 9.61. The molecule has 3 heterocycles. The lowest BCUT2D eigenvalue weighted by molar-refractivity contribution is 0.514. The van der Waals surface area contributed by atoms with Crippen LogP contribution in [0.4, 0.5) is 0 Å². The number of rotatable bonds is 4. The molecular weight excluding hydrogens is 633 g/mol. The van der Waals surface area contributed by atoms with Crippen molar-refractivity contribution in [1.29, 1.82) is 0 Å². The molecule has 4 nitrogen and oxygen atoms in total. The summed E-state index contributed by atoms with van der Waals surface area (Å²) in [5.41, 5.74) is 14.6. The van der Waals surface area contributed by atoms with Gasteiger partial charge in [0.05, 0.1) is 16.6 Å². The molecule has 0 saturated heterocycles. The molecule has 0 aliphatic heterocycles. The van der Waals surface area contributed by atoms with Crippen molar-refractivity contribution in [3.8, 4) is 22.3 Å². The van der Waals surface area contributed by atoms with Gasteiger partial charge in [-0.15, -0.1) is 0 Å². The molecule has 11 rings (SSSR count). The highest BCUT2D eigenvalue weighted by atomic mass is 15.3. The van der Waals surface area contributed by atoms with Crippen LogP contribution in [0.3, 0.4) is 0 Å². The van der Waals surface area contributed by atoms with E-state index in [0.29, 0.717) is 5.92 Å². The Balaban J connectivity index is 1.04. The Bertz CT molecular complexity index is 2720. The molecule has 0 spiro atoms. The van der Waals surface area contributed by atoms with Crippen molar-refractivity contribution in [3.63, 3.8) is 0 Å². The summed E-state index contributed by atoms with van der Waals surface area (Å²) in [6.07, 6.45) is 31.6. The van der Waals surface area contributed by atoms with Crippen molar-refractivity contribution in [3.05, 3.63) is 180 Å². The first-order valence-corrected chi connectivity index (χ1v) is 18.6. The summed E-state index contributed by atoms with van der Waals surface area (Å²) in [5.74, 6) is 1.41. The maximum absolute atomic E-state index is 5.31. The van der Waals surface area contributed by atoms with Crippen molar-refractivity contribution >= 4 is 33.9 Å². The Kier molecular flexibility index (Phi) is 6.14. The first-order chi connectivity index (χ1) is 25.5. The topological polar surface area (TPSA) is 35.1 Å². The van der Waals surface area contributed by atoms with Gasteiger partial charge in [-0.05, 0) is 77.4 Å². The van der Waals surface area contributed by atoms with E-state index in [2.05, 4.69) is 176 Å². The summed E-state index contributed by atoms with van der Waals surface area (Å²) in [7, 11) is 0. The molecule has 52 heavy (non-hydrogen) atoms. The molecule has 6 aromatic rings. The highest BCUT2D eigenvalue weighted by Crippen LogP contribution is 2.59. The Morgan fingerprint density at radius 2 is 1.63 bits per heavy atom. The smallest absolute Gasteiger partial charge is 0.161 e. The standard InChI is InChI=1S/C48H38N4/c1-47(46-49-45-39(32-15-7-4-8-16-32)29-33(30-51(45)50-46)31-13-5-3-6-14-31)27-25-35(26-28-47)52-41-22-12-20-38-36-18-9-10-19-37(36)40-21-11-17-34-23-24-42(52)44(43(38)41)48(34,40)2/h3-15,17-27,29-30,32,34H,16,28H2,1-2H3. The van der Waals surface area contributed by atoms with Crippen LogP contribution in [0.2, 0.25) is 0 Å². The summed E-state index contributed by atoms with van der Waals surface area (Å²) >= 11 is 0. The second-order valence-electron chi connectivity index (χ2n) is 15.4. The van der Waals surface area contributed by atoms with Crippen molar-refractivity contribution in [2.45, 2.75) is 43.4 Å². The number of hydrogen-bond donors (Lipinski definition) is 0. The third-order valence-corrected chi connectivity index (χ3v) is 12.4. The molecule has 4 atom stereocenters. The predicted molar refractivity (Wildman–Crippen MR) is 214 cm³/mol. The van der Waals surface area contributed by atoms with Crippen LogP contribution in [-0.2, 0) is 10.8 Å². The minimum absolute atomic E-state index is 0.168. The van der Waals surface area contributed by atoms with Gasteiger partial charge in [-0.2, -0.15) is 5.10 Å². The van der Waals surface area contributed by atoms with Crippen LogP contribution >= 0.6 is 0 Å². The van der Waals surface area contributed by atoms with Gasteiger partial charge in [0.15, 0.2) is 11.5 Å². The van der Waals surface area contributed by atoms with Crippen LogP contribution in [0.1, 0.15) is 60.8 Å². The van der Waals surface area contributed by atoms with Gasteiger partial charge < -0.3 is 4.57 Å². The van der Waals surface area contributed by atoms with Gasteiger partial charge in [0.25, 0.3) is 0 Å². The number of aromatic nitrogens is 4. The normalized spacial score (nSPS) is 25.0. The number of allylic oxidation sites excluding steroid dienone is 13. The molecule has 0 fully saturated rings.